The van der Waals surface area contributed by atoms with Gasteiger partial charge in [-0.1, -0.05) is 70.7 Å². The Hall–Kier alpha value is -3.61. The van der Waals surface area contributed by atoms with Gasteiger partial charge >= 0.3 is 11.9 Å². The van der Waals surface area contributed by atoms with Gasteiger partial charge in [0.25, 0.3) is 5.91 Å². The topological polar surface area (TPSA) is 90.9 Å². The second kappa shape index (κ2) is 17.0. The van der Waals surface area contributed by atoms with Gasteiger partial charge in [0.15, 0.2) is 5.75 Å². The molecule has 1 amide bonds. The molecule has 0 unspecified atom stereocenters. The van der Waals surface area contributed by atoms with Gasteiger partial charge in [0.1, 0.15) is 0 Å². The lowest BCUT2D eigenvalue weighted by Gasteiger charge is -2.14. The van der Waals surface area contributed by atoms with Gasteiger partial charge in [-0.25, -0.2) is 9.59 Å². The van der Waals surface area contributed by atoms with Crippen molar-refractivity contribution in [1.82, 2.24) is 0 Å². The predicted molar refractivity (Wildman–Crippen MR) is 145 cm³/mol. The number of rotatable bonds is 16. The molecule has 37 heavy (non-hydrogen) atoms. The zero-order valence-electron chi connectivity index (χ0n) is 22.2. The van der Waals surface area contributed by atoms with Gasteiger partial charge < -0.3 is 19.5 Å². The highest BCUT2D eigenvalue weighted by atomic mass is 16.6. The third kappa shape index (κ3) is 10.9. The molecule has 2 rings (SSSR count). The average molecular weight is 510 g/mol. The Bertz CT molecular complexity index is 1030. The van der Waals surface area contributed by atoms with Gasteiger partial charge in [-0.2, -0.15) is 0 Å². The lowest BCUT2D eigenvalue weighted by molar-refractivity contribution is -0.143. The van der Waals surface area contributed by atoms with E-state index in [1.807, 2.05) is 26.0 Å². The lowest BCUT2D eigenvalue weighted by atomic mass is 10.1. The van der Waals surface area contributed by atoms with Crippen LogP contribution in [0.15, 0.2) is 60.4 Å². The minimum Gasteiger partial charge on any atom is -0.462 e. The third-order valence-corrected chi connectivity index (χ3v) is 5.56. The van der Waals surface area contributed by atoms with Crippen molar-refractivity contribution >= 4 is 23.5 Å². The van der Waals surface area contributed by atoms with E-state index < -0.39 is 11.9 Å². The SMILES string of the molecule is CCCCCc1ccc(C(=O)Nc2ccccc2O/C(=C\C(=O)OCCCC)C(=O)OCCCC)cc1. The average Bonchev–Trinajstić information content (AvgIpc) is 2.90. The molecule has 2 aromatic carbocycles. The lowest BCUT2D eigenvalue weighted by Crippen LogP contribution is -2.18. The van der Waals surface area contributed by atoms with Crippen molar-refractivity contribution in [3.63, 3.8) is 0 Å². The Labute approximate surface area is 220 Å². The number of carbonyl (C=O) groups excluding carboxylic acids is 3. The Morgan fingerprint density at radius 2 is 1.43 bits per heavy atom. The smallest absolute Gasteiger partial charge is 0.374 e. The van der Waals surface area contributed by atoms with Gasteiger partial charge in [-0.3, -0.25) is 4.79 Å². The first-order valence-electron chi connectivity index (χ1n) is 13.2. The number of amides is 1. The highest BCUT2D eigenvalue weighted by Crippen LogP contribution is 2.27. The number of carbonyl (C=O) groups is 3. The fraction of sp³-hybridized carbons (Fsp3) is 0.433. The number of nitrogens with one attached hydrogen (secondary N) is 1. The molecule has 0 bridgehead atoms. The fourth-order valence-corrected chi connectivity index (χ4v) is 3.35. The summed E-state index contributed by atoms with van der Waals surface area (Å²) in [6.45, 7) is 6.58. The summed E-state index contributed by atoms with van der Waals surface area (Å²) in [5, 5.41) is 2.83. The molecule has 0 aliphatic rings. The monoisotopic (exact) mass is 509 g/mol. The van der Waals surface area contributed by atoms with Crippen molar-refractivity contribution in [3.05, 3.63) is 71.5 Å². The zero-order valence-corrected chi connectivity index (χ0v) is 22.2. The first-order chi connectivity index (χ1) is 18.0. The minimum absolute atomic E-state index is 0.201. The van der Waals surface area contributed by atoms with Gasteiger partial charge in [-0.15, -0.1) is 0 Å². The second-order valence-corrected chi connectivity index (χ2v) is 8.73. The first-order valence-corrected chi connectivity index (χ1v) is 13.2. The van der Waals surface area contributed by atoms with Crippen molar-refractivity contribution in [2.75, 3.05) is 18.5 Å². The van der Waals surface area contributed by atoms with Crippen LogP contribution in [0.2, 0.25) is 0 Å². The van der Waals surface area contributed by atoms with E-state index >= 15 is 0 Å². The molecular weight excluding hydrogens is 470 g/mol. The molecule has 0 saturated heterocycles. The quantitative estimate of drug-likeness (QED) is 0.118. The minimum atomic E-state index is -0.777. The van der Waals surface area contributed by atoms with E-state index in [9.17, 15) is 14.4 Å². The number of para-hydroxylation sites is 2. The van der Waals surface area contributed by atoms with Crippen LogP contribution in [-0.4, -0.2) is 31.1 Å². The number of hydrogen-bond donors (Lipinski definition) is 1. The number of anilines is 1. The molecule has 0 spiro atoms. The number of benzene rings is 2. The molecule has 1 N–H and O–H groups in total. The van der Waals surface area contributed by atoms with Crippen LogP contribution >= 0.6 is 0 Å². The summed E-state index contributed by atoms with van der Waals surface area (Å²) in [4.78, 5) is 37.8. The van der Waals surface area contributed by atoms with Crippen LogP contribution in [0.1, 0.15) is 81.6 Å². The van der Waals surface area contributed by atoms with E-state index in [1.165, 1.54) is 12.0 Å². The highest BCUT2D eigenvalue weighted by Gasteiger charge is 2.19. The van der Waals surface area contributed by atoms with Crippen molar-refractivity contribution in [2.45, 2.75) is 72.1 Å². The number of aryl methyl sites for hydroxylation is 1. The van der Waals surface area contributed by atoms with Crippen LogP contribution in [0, 0.1) is 0 Å². The Morgan fingerprint density at radius 1 is 0.784 bits per heavy atom. The summed E-state index contributed by atoms with van der Waals surface area (Å²) in [5.74, 6) is -1.90. The van der Waals surface area contributed by atoms with Crippen molar-refractivity contribution < 1.29 is 28.6 Å². The first kappa shape index (κ1) is 29.6. The van der Waals surface area contributed by atoms with Gasteiger partial charge in [0, 0.05) is 5.56 Å². The maximum atomic E-state index is 12.9. The Balaban J connectivity index is 2.16. The predicted octanol–water partition coefficient (Wildman–Crippen LogP) is 6.62. The molecule has 7 heteroatoms. The van der Waals surface area contributed by atoms with Crippen LogP contribution in [-0.2, 0) is 25.5 Å². The molecule has 0 fully saturated rings. The van der Waals surface area contributed by atoms with E-state index in [-0.39, 0.29) is 30.6 Å². The fourth-order valence-electron chi connectivity index (χ4n) is 3.35. The van der Waals surface area contributed by atoms with Crippen LogP contribution in [0.5, 0.6) is 5.75 Å². The molecule has 0 heterocycles. The van der Waals surface area contributed by atoms with E-state index in [0.717, 1.165) is 38.2 Å². The number of esters is 2. The maximum absolute atomic E-state index is 12.9. The summed E-state index contributed by atoms with van der Waals surface area (Å²) in [6, 6.07) is 14.2. The number of unbranched alkanes of at least 4 members (excludes halogenated alkanes) is 4. The summed E-state index contributed by atoms with van der Waals surface area (Å²) < 4.78 is 16.2. The molecule has 0 aliphatic carbocycles. The van der Waals surface area contributed by atoms with Crippen molar-refractivity contribution in [3.8, 4) is 5.75 Å². The summed E-state index contributed by atoms with van der Waals surface area (Å²) in [5.41, 5.74) is 2.05. The number of ether oxygens (including phenoxy) is 3. The summed E-state index contributed by atoms with van der Waals surface area (Å²) >= 11 is 0. The number of hydrogen-bond acceptors (Lipinski definition) is 6. The van der Waals surface area contributed by atoms with E-state index in [4.69, 9.17) is 14.2 Å². The van der Waals surface area contributed by atoms with Crippen LogP contribution in [0.25, 0.3) is 0 Å². The molecule has 7 nitrogen and oxygen atoms in total. The molecule has 0 aromatic heterocycles. The Kier molecular flexibility index (Phi) is 13.6. The summed E-state index contributed by atoms with van der Waals surface area (Å²) in [6.07, 6.45) is 8.55. The van der Waals surface area contributed by atoms with E-state index in [2.05, 4.69) is 12.2 Å². The molecular formula is C30H39NO6. The second-order valence-electron chi connectivity index (χ2n) is 8.73. The standard InChI is InChI=1S/C30H39NO6/c1-4-7-10-13-23-16-18-24(19-17-23)29(33)31-25-14-11-12-15-26(25)37-27(30(34)36-21-9-6-3)22-28(32)35-20-8-5-2/h11-12,14-19,22H,4-10,13,20-21H2,1-3H3,(H,31,33)/b27-22-. The van der Waals surface area contributed by atoms with Crippen LogP contribution in [0.3, 0.4) is 0 Å². The van der Waals surface area contributed by atoms with Crippen LogP contribution < -0.4 is 10.1 Å². The zero-order chi connectivity index (χ0) is 26.9. The van der Waals surface area contributed by atoms with E-state index in [1.54, 1.807) is 36.4 Å². The molecule has 2 aromatic rings. The normalized spacial score (nSPS) is 11.1. The highest BCUT2D eigenvalue weighted by molar-refractivity contribution is 6.05. The maximum Gasteiger partial charge on any atom is 0.374 e. The Morgan fingerprint density at radius 3 is 2.11 bits per heavy atom. The van der Waals surface area contributed by atoms with Crippen molar-refractivity contribution in [2.24, 2.45) is 0 Å². The molecule has 0 aliphatic heterocycles. The molecule has 0 atom stereocenters. The molecule has 0 radical (unpaired) electrons. The summed E-state index contributed by atoms with van der Waals surface area (Å²) in [7, 11) is 0. The van der Waals surface area contributed by atoms with E-state index in [0.29, 0.717) is 24.1 Å². The molecule has 0 saturated carbocycles. The molecule has 200 valence electrons. The third-order valence-electron chi connectivity index (χ3n) is 5.56. The van der Waals surface area contributed by atoms with Crippen LogP contribution in [0.4, 0.5) is 5.69 Å². The van der Waals surface area contributed by atoms with Gasteiger partial charge in [0.2, 0.25) is 5.76 Å². The largest absolute Gasteiger partial charge is 0.462 e. The van der Waals surface area contributed by atoms with Gasteiger partial charge in [-0.05, 0) is 55.5 Å². The van der Waals surface area contributed by atoms with Gasteiger partial charge in [0.05, 0.1) is 25.0 Å². The van der Waals surface area contributed by atoms with Crippen molar-refractivity contribution in [1.29, 1.82) is 0 Å².